The number of amides is 1. The van der Waals surface area contributed by atoms with Gasteiger partial charge in [0, 0.05) is 34.8 Å². The summed E-state index contributed by atoms with van der Waals surface area (Å²) >= 11 is 5.82. The first-order valence-corrected chi connectivity index (χ1v) is 9.83. The van der Waals surface area contributed by atoms with Crippen LogP contribution < -0.4 is 5.32 Å². The fraction of sp³-hybridized carbons (Fsp3) is 0. The van der Waals surface area contributed by atoms with E-state index in [1.54, 1.807) is 48.7 Å². The van der Waals surface area contributed by atoms with Gasteiger partial charge in [-0.05, 0) is 53.9 Å². The third-order valence-electron chi connectivity index (χ3n) is 4.13. The van der Waals surface area contributed by atoms with Crippen LogP contribution in [0.3, 0.4) is 0 Å². The van der Waals surface area contributed by atoms with E-state index < -0.39 is 15.9 Å². The highest BCUT2D eigenvalue weighted by molar-refractivity contribution is 7.90. The monoisotopic (exact) mass is 399 g/mol. The van der Waals surface area contributed by atoms with Crippen LogP contribution in [0.5, 0.6) is 0 Å². The molecule has 2 aromatic carbocycles. The maximum atomic E-state index is 12.8. The predicted molar refractivity (Wildman–Crippen MR) is 105 cm³/mol. The molecular formula is C19H14ClN3O3S. The van der Waals surface area contributed by atoms with Crippen molar-refractivity contribution in [3.8, 4) is 0 Å². The van der Waals surface area contributed by atoms with Crippen molar-refractivity contribution < 1.29 is 13.2 Å². The fourth-order valence-electron chi connectivity index (χ4n) is 2.71. The molecule has 2 aromatic heterocycles. The second-order valence-corrected chi connectivity index (χ2v) is 8.20. The molecule has 4 rings (SSSR count). The summed E-state index contributed by atoms with van der Waals surface area (Å²) in [6, 6.07) is 14.8. The van der Waals surface area contributed by atoms with Crippen molar-refractivity contribution >= 4 is 44.1 Å². The summed E-state index contributed by atoms with van der Waals surface area (Å²) in [6.07, 6.45) is 4.39. The lowest BCUT2D eigenvalue weighted by Gasteiger charge is -2.06. The standard InChI is InChI=1S/C19H14ClN3O3S/c20-15-2-4-16(5-3-15)22-19(24)14-8-10-23(12-14)27(25,26)17-6-1-13-7-9-21-18(13)11-17/h1-12,21H,(H,22,24). The first-order chi connectivity index (χ1) is 12.9. The van der Waals surface area contributed by atoms with Crippen molar-refractivity contribution in [2.24, 2.45) is 0 Å². The predicted octanol–water partition coefficient (Wildman–Crippen LogP) is 4.11. The summed E-state index contributed by atoms with van der Waals surface area (Å²) in [4.78, 5) is 15.5. The molecule has 4 aromatic rings. The molecule has 0 aliphatic rings. The summed E-state index contributed by atoms with van der Waals surface area (Å²) in [5.41, 5.74) is 1.52. The van der Waals surface area contributed by atoms with Crippen molar-refractivity contribution in [2.75, 3.05) is 5.32 Å². The van der Waals surface area contributed by atoms with Crippen molar-refractivity contribution in [3.05, 3.63) is 83.8 Å². The van der Waals surface area contributed by atoms with Gasteiger partial charge in [-0.3, -0.25) is 4.79 Å². The van der Waals surface area contributed by atoms with Crippen LogP contribution in [-0.4, -0.2) is 23.3 Å². The van der Waals surface area contributed by atoms with E-state index in [-0.39, 0.29) is 10.5 Å². The quantitative estimate of drug-likeness (QED) is 0.541. The number of rotatable bonds is 4. The van der Waals surface area contributed by atoms with Gasteiger partial charge in [0.2, 0.25) is 0 Å². The molecule has 2 N–H and O–H groups in total. The Labute approximate surface area is 160 Å². The molecule has 0 saturated carbocycles. The molecule has 27 heavy (non-hydrogen) atoms. The minimum atomic E-state index is -3.80. The van der Waals surface area contributed by atoms with E-state index in [9.17, 15) is 13.2 Å². The number of carbonyl (C=O) groups is 1. The van der Waals surface area contributed by atoms with Crippen LogP contribution in [0, 0.1) is 0 Å². The number of aromatic nitrogens is 2. The largest absolute Gasteiger partial charge is 0.361 e. The van der Waals surface area contributed by atoms with Gasteiger partial charge in [0.05, 0.1) is 10.5 Å². The molecule has 6 nitrogen and oxygen atoms in total. The maximum Gasteiger partial charge on any atom is 0.267 e. The van der Waals surface area contributed by atoms with Gasteiger partial charge in [0.15, 0.2) is 0 Å². The smallest absolute Gasteiger partial charge is 0.267 e. The molecule has 0 bridgehead atoms. The van der Waals surface area contributed by atoms with Crippen LogP contribution in [0.15, 0.2) is 78.1 Å². The van der Waals surface area contributed by atoms with Crippen molar-refractivity contribution in [1.82, 2.24) is 8.96 Å². The number of fused-ring (bicyclic) bond motifs is 1. The number of anilines is 1. The molecular weight excluding hydrogens is 386 g/mol. The second-order valence-electron chi connectivity index (χ2n) is 5.92. The number of hydrogen-bond acceptors (Lipinski definition) is 3. The minimum Gasteiger partial charge on any atom is -0.361 e. The van der Waals surface area contributed by atoms with E-state index >= 15 is 0 Å². The number of carbonyl (C=O) groups excluding carboxylic acids is 1. The molecule has 0 saturated heterocycles. The molecule has 0 aliphatic heterocycles. The Kier molecular flexibility index (Phi) is 4.25. The Bertz CT molecular complexity index is 1240. The van der Waals surface area contributed by atoms with Crippen LogP contribution in [0.4, 0.5) is 5.69 Å². The van der Waals surface area contributed by atoms with Crippen molar-refractivity contribution in [3.63, 3.8) is 0 Å². The number of aromatic amines is 1. The van der Waals surface area contributed by atoms with E-state index in [1.165, 1.54) is 18.5 Å². The molecule has 0 fully saturated rings. The molecule has 2 heterocycles. The Balaban J connectivity index is 1.60. The van der Waals surface area contributed by atoms with Crippen molar-refractivity contribution in [1.29, 1.82) is 0 Å². The number of nitrogens with one attached hydrogen (secondary N) is 2. The van der Waals surface area contributed by atoms with E-state index in [0.717, 1.165) is 14.9 Å². The molecule has 136 valence electrons. The summed E-state index contributed by atoms with van der Waals surface area (Å²) in [6.45, 7) is 0. The van der Waals surface area contributed by atoms with Crippen LogP contribution in [0.2, 0.25) is 5.02 Å². The molecule has 0 unspecified atom stereocenters. The number of halogens is 1. The summed E-state index contributed by atoms with van der Waals surface area (Å²) in [5.74, 6) is -0.411. The minimum absolute atomic E-state index is 0.137. The van der Waals surface area contributed by atoms with Gasteiger partial charge in [0.1, 0.15) is 0 Å². The zero-order valence-electron chi connectivity index (χ0n) is 13.9. The van der Waals surface area contributed by atoms with E-state index in [1.807, 2.05) is 6.07 Å². The van der Waals surface area contributed by atoms with Gasteiger partial charge in [-0.15, -0.1) is 0 Å². The number of hydrogen-bond donors (Lipinski definition) is 2. The fourth-order valence-corrected chi connectivity index (χ4v) is 4.06. The zero-order valence-corrected chi connectivity index (χ0v) is 15.5. The Morgan fingerprint density at radius 3 is 2.59 bits per heavy atom. The first kappa shape index (κ1) is 17.4. The maximum absolute atomic E-state index is 12.8. The van der Waals surface area contributed by atoms with E-state index in [2.05, 4.69) is 10.3 Å². The van der Waals surface area contributed by atoms with E-state index in [0.29, 0.717) is 10.7 Å². The van der Waals surface area contributed by atoms with Gasteiger partial charge in [-0.2, -0.15) is 0 Å². The number of benzene rings is 2. The topological polar surface area (TPSA) is 84.0 Å². The zero-order chi connectivity index (χ0) is 19.0. The highest BCUT2D eigenvalue weighted by atomic mass is 35.5. The van der Waals surface area contributed by atoms with Gasteiger partial charge < -0.3 is 10.3 Å². The summed E-state index contributed by atoms with van der Waals surface area (Å²) in [5, 5.41) is 4.18. The van der Waals surface area contributed by atoms with Gasteiger partial charge in [0.25, 0.3) is 15.9 Å². The Hall–Kier alpha value is -3.03. The second kappa shape index (κ2) is 6.61. The van der Waals surface area contributed by atoms with Gasteiger partial charge >= 0.3 is 0 Å². The van der Waals surface area contributed by atoms with Gasteiger partial charge in [-0.25, -0.2) is 12.4 Å². The van der Waals surface area contributed by atoms with Crippen LogP contribution in [0.25, 0.3) is 10.9 Å². The number of nitrogens with zero attached hydrogens (tertiary/aromatic N) is 1. The van der Waals surface area contributed by atoms with Crippen LogP contribution in [-0.2, 0) is 10.0 Å². The Morgan fingerprint density at radius 2 is 1.81 bits per heavy atom. The average Bonchev–Trinajstić information content (AvgIpc) is 3.32. The molecule has 0 aliphatic carbocycles. The molecule has 1 amide bonds. The number of H-pyrrole nitrogens is 1. The lowest BCUT2D eigenvalue weighted by atomic mass is 10.2. The lowest BCUT2D eigenvalue weighted by Crippen LogP contribution is -2.13. The average molecular weight is 400 g/mol. The third kappa shape index (κ3) is 3.34. The van der Waals surface area contributed by atoms with Crippen LogP contribution >= 0.6 is 11.6 Å². The molecule has 0 radical (unpaired) electrons. The highest BCUT2D eigenvalue weighted by Gasteiger charge is 2.19. The molecule has 0 atom stereocenters. The first-order valence-electron chi connectivity index (χ1n) is 8.01. The SMILES string of the molecule is O=C(Nc1ccc(Cl)cc1)c1ccn(S(=O)(=O)c2ccc3cc[nH]c3c2)c1. The third-order valence-corrected chi connectivity index (χ3v) is 6.02. The van der Waals surface area contributed by atoms with Crippen molar-refractivity contribution in [2.45, 2.75) is 4.90 Å². The summed E-state index contributed by atoms with van der Waals surface area (Å²) < 4.78 is 26.7. The Morgan fingerprint density at radius 1 is 1.04 bits per heavy atom. The molecule has 0 spiro atoms. The van der Waals surface area contributed by atoms with Gasteiger partial charge in [-0.1, -0.05) is 17.7 Å². The van der Waals surface area contributed by atoms with E-state index in [4.69, 9.17) is 11.6 Å². The van der Waals surface area contributed by atoms with Crippen LogP contribution in [0.1, 0.15) is 10.4 Å². The lowest BCUT2D eigenvalue weighted by molar-refractivity contribution is 0.102. The summed E-state index contributed by atoms with van der Waals surface area (Å²) in [7, 11) is -3.80. The highest BCUT2D eigenvalue weighted by Crippen LogP contribution is 2.21. The normalized spacial score (nSPS) is 11.6. The molecule has 8 heteroatoms.